The molecular formula is C22H19N5O. The standard InChI is InChI=1S/C22H19N5O/c28-22(24-14-16-5-2-1-3-6-16)26-19-8-4-7-18(13-19)21-20(15-25-27-21)17-9-11-23-12-10-17/h1-13,15H,14H2,(H,25,27)(H2,24,26,28). The van der Waals surface area contributed by atoms with Crippen LogP contribution in [0.2, 0.25) is 0 Å². The number of benzene rings is 2. The molecule has 0 saturated carbocycles. The van der Waals surface area contributed by atoms with Gasteiger partial charge in [0.05, 0.1) is 11.9 Å². The molecule has 0 spiro atoms. The molecule has 0 atom stereocenters. The minimum Gasteiger partial charge on any atom is -0.334 e. The molecule has 0 bridgehead atoms. The van der Waals surface area contributed by atoms with Gasteiger partial charge in [-0.1, -0.05) is 42.5 Å². The number of hydrogen-bond donors (Lipinski definition) is 3. The van der Waals surface area contributed by atoms with Crippen LogP contribution in [0.25, 0.3) is 22.4 Å². The molecule has 4 rings (SSSR count). The molecule has 138 valence electrons. The van der Waals surface area contributed by atoms with Crippen LogP contribution in [-0.4, -0.2) is 21.2 Å². The first-order valence-electron chi connectivity index (χ1n) is 8.92. The maximum atomic E-state index is 12.2. The maximum Gasteiger partial charge on any atom is 0.319 e. The Morgan fingerprint density at radius 3 is 2.57 bits per heavy atom. The van der Waals surface area contributed by atoms with Gasteiger partial charge in [-0.15, -0.1) is 0 Å². The van der Waals surface area contributed by atoms with Gasteiger partial charge in [-0.3, -0.25) is 10.1 Å². The average molecular weight is 369 g/mol. The van der Waals surface area contributed by atoms with Crippen LogP contribution in [0.15, 0.2) is 85.3 Å². The predicted octanol–water partition coefficient (Wildman–Crippen LogP) is 4.46. The van der Waals surface area contributed by atoms with E-state index >= 15 is 0 Å². The van der Waals surface area contributed by atoms with Crippen LogP contribution in [0.4, 0.5) is 10.5 Å². The number of aromatic amines is 1. The SMILES string of the molecule is O=C(NCc1ccccc1)Nc1cccc(-c2[nH]ncc2-c2ccncc2)c1. The number of hydrogen-bond acceptors (Lipinski definition) is 3. The van der Waals surface area contributed by atoms with E-state index in [1.165, 1.54) is 0 Å². The van der Waals surface area contributed by atoms with Gasteiger partial charge in [0.25, 0.3) is 0 Å². The van der Waals surface area contributed by atoms with E-state index in [4.69, 9.17) is 0 Å². The summed E-state index contributed by atoms with van der Waals surface area (Å²) in [4.78, 5) is 16.3. The lowest BCUT2D eigenvalue weighted by atomic mass is 10.0. The summed E-state index contributed by atoms with van der Waals surface area (Å²) < 4.78 is 0. The third kappa shape index (κ3) is 4.07. The molecular weight excluding hydrogens is 350 g/mol. The first-order chi connectivity index (χ1) is 13.8. The second kappa shape index (κ2) is 8.18. The predicted molar refractivity (Wildman–Crippen MR) is 110 cm³/mol. The molecule has 0 fully saturated rings. The zero-order chi connectivity index (χ0) is 19.2. The topological polar surface area (TPSA) is 82.7 Å². The summed E-state index contributed by atoms with van der Waals surface area (Å²) in [5, 5.41) is 13.0. The van der Waals surface area contributed by atoms with E-state index < -0.39 is 0 Å². The summed E-state index contributed by atoms with van der Waals surface area (Å²) in [7, 11) is 0. The normalized spacial score (nSPS) is 10.4. The van der Waals surface area contributed by atoms with Gasteiger partial charge < -0.3 is 10.6 Å². The number of rotatable bonds is 5. The number of nitrogens with zero attached hydrogens (tertiary/aromatic N) is 2. The van der Waals surface area contributed by atoms with E-state index in [0.717, 1.165) is 27.9 Å². The Hall–Kier alpha value is -3.93. The third-order valence-electron chi connectivity index (χ3n) is 4.34. The van der Waals surface area contributed by atoms with Crippen LogP contribution >= 0.6 is 0 Å². The second-order valence-electron chi connectivity index (χ2n) is 6.27. The van der Waals surface area contributed by atoms with E-state index in [1.807, 2.05) is 66.7 Å². The average Bonchev–Trinajstić information content (AvgIpc) is 3.24. The number of urea groups is 1. The zero-order valence-corrected chi connectivity index (χ0v) is 15.1. The van der Waals surface area contributed by atoms with Gasteiger partial charge in [0.15, 0.2) is 0 Å². The van der Waals surface area contributed by atoms with Crippen LogP contribution in [0.1, 0.15) is 5.56 Å². The highest BCUT2D eigenvalue weighted by atomic mass is 16.2. The Morgan fingerprint density at radius 2 is 1.75 bits per heavy atom. The van der Waals surface area contributed by atoms with Gasteiger partial charge in [0, 0.05) is 35.8 Å². The van der Waals surface area contributed by atoms with Crippen LogP contribution in [-0.2, 0) is 6.54 Å². The molecule has 3 N–H and O–H groups in total. The van der Waals surface area contributed by atoms with Crippen LogP contribution in [0, 0.1) is 0 Å². The van der Waals surface area contributed by atoms with Crippen molar-refractivity contribution in [1.82, 2.24) is 20.5 Å². The summed E-state index contributed by atoms with van der Waals surface area (Å²) in [6, 6.07) is 21.1. The fourth-order valence-corrected chi connectivity index (χ4v) is 2.96. The zero-order valence-electron chi connectivity index (χ0n) is 15.1. The molecule has 0 unspecified atom stereocenters. The number of anilines is 1. The Labute approximate surface area is 162 Å². The second-order valence-corrected chi connectivity index (χ2v) is 6.27. The Kier molecular flexibility index (Phi) is 5.11. The van der Waals surface area contributed by atoms with Gasteiger partial charge in [0.1, 0.15) is 0 Å². The van der Waals surface area contributed by atoms with Crippen molar-refractivity contribution < 1.29 is 4.79 Å². The fraction of sp³-hybridized carbons (Fsp3) is 0.0455. The van der Waals surface area contributed by atoms with E-state index in [2.05, 4.69) is 25.8 Å². The van der Waals surface area contributed by atoms with Crippen molar-refractivity contribution in [2.45, 2.75) is 6.54 Å². The van der Waals surface area contributed by atoms with Crippen molar-refractivity contribution in [3.05, 3.63) is 90.9 Å². The van der Waals surface area contributed by atoms with Gasteiger partial charge >= 0.3 is 6.03 Å². The molecule has 2 heterocycles. The Morgan fingerprint density at radius 1 is 0.929 bits per heavy atom. The summed E-state index contributed by atoms with van der Waals surface area (Å²) >= 11 is 0. The summed E-state index contributed by atoms with van der Waals surface area (Å²) in [5.41, 5.74) is 5.58. The van der Waals surface area contributed by atoms with E-state index in [0.29, 0.717) is 12.2 Å². The molecule has 4 aromatic rings. The van der Waals surface area contributed by atoms with Crippen LogP contribution in [0.3, 0.4) is 0 Å². The molecule has 0 aliphatic rings. The first-order valence-corrected chi connectivity index (χ1v) is 8.92. The van der Waals surface area contributed by atoms with Crippen molar-refractivity contribution in [3.8, 4) is 22.4 Å². The molecule has 2 aromatic heterocycles. The molecule has 0 radical (unpaired) electrons. The van der Waals surface area contributed by atoms with E-state index in [-0.39, 0.29) is 6.03 Å². The smallest absolute Gasteiger partial charge is 0.319 e. The number of pyridine rings is 1. The number of H-pyrrole nitrogens is 1. The third-order valence-corrected chi connectivity index (χ3v) is 4.34. The van der Waals surface area contributed by atoms with Crippen molar-refractivity contribution >= 4 is 11.7 Å². The molecule has 6 nitrogen and oxygen atoms in total. The van der Waals surface area contributed by atoms with Crippen molar-refractivity contribution in [1.29, 1.82) is 0 Å². The van der Waals surface area contributed by atoms with Crippen molar-refractivity contribution in [2.75, 3.05) is 5.32 Å². The highest BCUT2D eigenvalue weighted by Crippen LogP contribution is 2.30. The monoisotopic (exact) mass is 369 g/mol. The molecule has 28 heavy (non-hydrogen) atoms. The molecule has 0 saturated heterocycles. The number of aromatic nitrogens is 3. The van der Waals surface area contributed by atoms with Crippen molar-refractivity contribution in [2.24, 2.45) is 0 Å². The van der Waals surface area contributed by atoms with Crippen LogP contribution in [0.5, 0.6) is 0 Å². The molecule has 0 aliphatic heterocycles. The molecule has 2 aromatic carbocycles. The van der Waals surface area contributed by atoms with Gasteiger partial charge in [-0.25, -0.2) is 4.79 Å². The highest BCUT2D eigenvalue weighted by molar-refractivity contribution is 5.90. The lowest BCUT2D eigenvalue weighted by Gasteiger charge is -2.09. The Balaban J connectivity index is 1.48. The largest absolute Gasteiger partial charge is 0.334 e. The molecule has 0 aliphatic carbocycles. The van der Waals surface area contributed by atoms with E-state index in [9.17, 15) is 4.79 Å². The lowest BCUT2D eigenvalue weighted by Crippen LogP contribution is -2.28. The lowest BCUT2D eigenvalue weighted by molar-refractivity contribution is 0.251. The summed E-state index contributed by atoms with van der Waals surface area (Å²) in [6.07, 6.45) is 5.29. The minimum atomic E-state index is -0.250. The number of nitrogens with one attached hydrogen (secondary N) is 3. The number of amides is 2. The molecule has 2 amide bonds. The van der Waals surface area contributed by atoms with Gasteiger partial charge in [-0.2, -0.15) is 5.10 Å². The molecule has 6 heteroatoms. The Bertz CT molecular complexity index is 1060. The van der Waals surface area contributed by atoms with E-state index in [1.54, 1.807) is 18.6 Å². The minimum absolute atomic E-state index is 0.250. The highest BCUT2D eigenvalue weighted by Gasteiger charge is 2.11. The number of carbonyl (C=O) groups excluding carboxylic acids is 1. The number of carbonyl (C=O) groups is 1. The fourth-order valence-electron chi connectivity index (χ4n) is 2.96. The summed E-state index contributed by atoms with van der Waals surface area (Å²) in [6.45, 7) is 0.471. The maximum absolute atomic E-state index is 12.2. The van der Waals surface area contributed by atoms with Crippen LogP contribution < -0.4 is 10.6 Å². The summed E-state index contributed by atoms with van der Waals surface area (Å²) in [5.74, 6) is 0. The van der Waals surface area contributed by atoms with Gasteiger partial charge in [0.2, 0.25) is 0 Å². The first kappa shape index (κ1) is 17.5. The quantitative estimate of drug-likeness (QED) is 0.486. The van der Waals surface area contributed by atoms with Crippen molar-refractivity contribution in [3.63, 3.8) is 0 Å². The van der Waals surface area contributed by atoms with Gasteiger partial charge in [-0.05, 0) is 35.4 Å².